The molecule has 2 heterocycles. The van der Waals surface area contributed by atoms with Gasteiger partial charge in [-0.15, -0.1) is 5.10 Å². The number of hydrogen-bond donors (Lipinski definition) is 1. The van der Waals surface area contributed by atoms with Gasteiger partial charge in [0.1, 0.15) is 5.69 Å². The molecule has 0 aromatic carbocycles. The molecule has 0 bridgehead atoms. The number of aryl methyl sites for hydroxylation is 1. The molecule has 1 N–H and O–H groups in total. The summed E-state index contributed by atoms with van der Waals surface area (Å²) in [6, 6.07) is 0.0319. The van der Waals surface area contributed by atoms with Crippen LogP contribution in [0.5, 0.6) is 0 Å². The van der Waals surface area contributed by atoms with E-state index in [2.05, 4.69) is 34.5 Å². The van der Waals surface area contributed by atoms with Crippen LogP contribution in [0.4, 0.5) is 0 Å². The number of fused-ring (bicyclic) bond motifs is 1. The summed E-state index contributed by atoms with van der Waals surface area (Å²) in [5, 5.41) is 11.5. The third kappa shape index (κ3) is 2.34. The second-order valence-electron chi connectivity index (χ2n) is 7.39. The maximum Gasteiger partial charge on any atom is 0.226 e. The van der Waals surface area contributed by atoms with Crippen LogP contribution >= 0.6 is 0 Å². The van der Waals surface area contributed by atoms with Crippen molar-refractivity contribution in [3.8, 4) is 11.5 Å². The monoisotopic (exact) mass is 328 g/mol. The second-order valence-corrected chi connectivity index (χ2v) is 7.39. The van der Waals surface area contributed by atoms with Crippen molar-refractivity contribution < 1.29 is 4.79 Å². The van der Waals surface area contributed by atoms with Crippen LogP contribution in [0.15, 0.2) is 18.6 Å². The van der Waals surface area contributed by atoms with Gasteiger partial charge in [-0.2, -0.15) is 0 Å². The molecule has 1 amide bonds. The average molecular weight is 328 g/mol. The molecule has 2 aliphatic carbocycles. The lowest BCUT2D eigenvalue weighted by atomic mass is 9.75. The zero-order valence-corrected chi connectivity index (χ0v) is 14.4. The van der Waals surface area contributed by atoms with Crippen molar-refractivity contribution >= 4 is 5.91 Å². The van der Waals surface area contributed by atoms with E-state index >= 15 is 0 Å². The summed E-state index contributed by atoms with van der Waals surface area (Å²) in [7, 11) is 0. The topological polar surface area (TPSA) is 77.6 Å². The minimum Gasteiger partial charge on any atom is -0.351 e. The Balaban J connectivity index is 1.37. The first-order chi connectivity index (χ1) is 11.5. The Morgan fingerprint density at radius 1 is 1.50 bits per heavy atom. The zero-order chi connectivity index (χ0) is 16.9. The van der Waals surface area contributed by atoms with Crippen LogP contribution in [-0.4, -0.2) is 36.5 Å². The van der Waals surface area contributed by atoms with Crippen LogP contribution in [0, 0.1) is 17.3 Å². The van der Waals surface area contributed by atoms with Gasteiger partial charge in [0, 0.05) is 25.0 Å². The first kappa shape index (κ1) is 15.4. The molecule has 128 valence electrons. The van der Waals surface area contributed by atoms with Crippen molar-refractivity contribution in [1.29, 1.82) is 0 Å². The number of carbonyl (C=O) groups excluding carboxylic acids is 1. The van der Waals surface area contributed by atoms with E-state index in [4.69, 9.17) is 0 Å². The van der Waals surface area contributed by atoms with E-state index in [1.807, 2.05) is 23.9 Å². The number of nitrogens with one attached hydrogen (secondary N) is 1. The van der Waals surface area contributed by atoms with Crippen molar-refractivity contribution in [1.82, 2.24) is 29.9 Å². The molecule has 4 rings (SSSR count). The smallest absolute Gasteiger partial charge is 0.226 e. The van der Waals surface area contributed by atoms with Gasteiger partial charge in [0.15, 0.2) is 5.82 Å². The quantitative estimate of drug-likeness (QED) is 0.876. The third-order valence-corrected chi connectivity index (χ3v) is 5.62. The molecule has 0 radical (unpaired) electrons. The lowest BCUT2D eigenvalue weighted by Gasteiger charge is -2.31. The van der Waals surface area contributed by atoms with Gasteiger partial charge >= 0.3 is 0 Å². The minimum absolute atomic E-state index is 0.0319. The largest absolute Gasteiger partial charge is 0.351 e. The van der Waals surface area contributed by atoms with Crippen molar-refractivity contribution in [3.63, 3.8) is 0 Å². The van der Waals surface area contributed by atoms with E-state index in [1.165, 1.54) is 0 Å². The van der Waals surface area contributed by atoms with Crippen molar-refractivity contribution in [3.05, 3.63) is 18.6 Å². The molecule has 24 heavy (non-hydrogen) atoms. The molecule has 4 atom stereocenters. The molecule has 2 aliphatic rings. The summed E-state index contributed by atoms with van der Waals surface area (Å²) >= 11 is 0. The lowest BCUT2D eigenvalue weighted by Crippen LogP contribution is -2.45. The molecule has 2 saturated carbocycles. The summed E-state index contributed by atoms with van der Waals surface area (Å²) in [6.07, 6.45) is 7.71. The van der Waals surface area contributed by atoms with Crippen molar-refractivity contribution in [2.24, 2.45) is 17.3 Å². The van der Waals surface area contributed by atoms with Crippen LogP contribution in [-0.2, 0) is 17.9 Å². The Morgan fingerprint density at radius 3 is 3.00 bits per heavy atom. The maximum atomic E-state index is 12.4. The number of aromatic nitrogens is 5. The lowest BCUT2D eigenvalue weighted by molar-refractivity contribution is -0.131. The normalized spacial score (nSPS) is 28.8. The molecule has 2 aromatic rings. The molecule has 7 nitrogen and oxygen atoms in total. The third-order valence-electron chi connectivity index (χ3n) is 5.62. The predicted molar refractivity (Wildman–Crippen MR) is 88.8 cm³/mol. The van der Waals surface area contributed by atoms with Crippen molar-refractivity contribution in [2.75, 3.05) is 0 Å². The summed E-state index contributed by atoms with van der Waals surface area (Å²) in [5.74, 6) is 2.38. The van der Waals surface area contributed by atoms with Gasteiger partial charge in [-0.25, -0.2) is 9.67 Å². The van der Waals surface area contributed by atoms with Gasteiger partial charge in [-0.3, -0.25) is 4.79 Å². The van der Waals surface area contributed by atoms with Gasteiger partial charge in [-0.1, -0.05) is 12.1 Å². The number of rotatable bonds is 6. The number of amides is 1. The molecule has 0 saturated heterocycles. The molecule has 0 unspecified atom stereocenters. The standard InChI is InChI=1S/C17H24N6O/c1-4-22-6-5-18-15(22)14-10-23(21-20-14)9-12(3)19-16(24)17-7-11(2)13(17)8-17/h5-6,10-13H,4,7-9H2,1-3H3,(H,19,24)/t11-,12-,13+,17-/m1/s1. The highest BCUT2D eigenvalue weighted by Crippen LogP contribution is 2.70. The molecule has 2 aromatic heterocycles. The first-order valence-corrected chi connectivity index (χ1v) is 8.76. The highest BCUT2D eigenvalue weighted by atomic mass is 16.2. The Morgan fingerprint density at radius 2 is 2.33 bits per heavy atom. The molecular formula is C17H24N6O. The number of hydrogen-bond acceptors (Lipinski definition) is 4. The molecule has 0 aliphatic heterocycles. The van der Waals surface area contributed by atoms with E-state index in [0.29, 0.717) is 18.4 Å². The number of imidazole rings is 1. The fourth-order valence-electron chi connectivity index (χ4n) is 4.21. The fraction of sp³-hybridized carbons (Fsp3) is 0.647. The van der Waals surface area contributed by atoms with E-state index in [1.54, 1.807) is 10.9 Å². The molecule has 0 spiro atoms. The van der Waals surface area contributed by atoms with Crippen molar-refractivity contribution in [2.45, 2.75) is 52.7 Å². The molecular weight excluding hydrogens is 304 g/mol. The van der Waals surface area contributed by atoms with E-state index in [9.17, 15) is 4.79 Å². The summed E-state index contributed by atoms with van der Waals surface area (Å²) in [6.45, 7) is 7.78. The molecule has 2 fully saturated rings. The van der Waals surface area contributed by atoms with Gasteiger partial charge in [0.05, 0.1) is 18.2 Å². The highest BCUT2D eigenvalue weighted by molar-refractivity contribution is 5.87. The summed E-state index contributed by atoms with van der Waals surface area (Å²) in [4.78, 5) is 16.8. The van der Waals surface area contributed by atoms with Crippen LogP contribution in [0.3, 0.4) is 0 Å². The zero-order valence-electron chi connectivity index (χ0n) is 14.4. The van der Waals surface area contributed by atoms with Crippen LogP contribution in [0.25, 0.3) is 11.5 Å². The van der Waals surface area contributed by atoms with E-state index in [0.717, 1.165) is 30.9 Å². The summed E-state index contributed by atoms with van der Waals surface area (Å²) in [5.41, 5.74) is 0.724. The van der Waals surface area contributed by atoms with E-state index < -0.39 is 0 Å². The van der Waals surface area contributed by atoms with Gasteiger partial charge < -0.3 is 9.88 Å². The van der Waals surface area contributed by atoms with Gasteiger partial charge in [-0.05, 0) is 38.5 Å². The van der Waals surface area contributed by atoms with Crippen LogP contribution < -0.4 is 5.32 Å². The number of nitrogens with zero attached hydrogens (tertiary/aromatic N) is 5. The minimum atomic E-state index is -0.0346. The van der Waals surface area contributed by atoms with E-state index in [-0.39, 0.29) is 17.4 Å². The predicted octanol–water partition coefficient (Wildman–Crippen LogP) is 1.71. The summed E-state index contributed by atoms with van der Waals surface area (Å²) < 4.78 is 3.81. The SMILES string of the molecule is CCn1ccnc1-c1cn(C[C@@H](C)NC(=O)[C@@]23C[C@@H](C)[C@@H]2C3)nn1. The van der Waals surface area contributed by atoms with Gasteiger partial charge in [0.25, 0.3) is 0 Å². The Kier molecular flexibility index (Phi) is 3.47. The average Bonchev–Trinajstić information content (AvgIpc) is 2.90. The Hall–Kier alpha value is -2.18. The molecule has 7 heteroatoms. The first-order valence-electron chi connectivity index (χ1n) is 8.76. The number of carbonyl (C=O) groups is 1. The van der Waals surface area contributed by atoms with Gasteiger partial charge in [0.2, 0.25) is 5.91 Å². The van der Waals surface area contributed by atoms with Crippen LogP contribution in [0.2, 0.25) is 0 Å². The Bertz CT molecular complexity index is 765. The fourth-order valence-corrected chi connectivity index (χ4v) is 4.21. The maximum absolute atomic E-state index is 12.4. The Labute approximate surface area is 141 Å². The highest BCUT2D eigenvalue weighted by Gasteiger charge is 2.69. The van der Waals surface area contributed by atoms with Crippen LogP contribution in [0.1, 0.15) is 33.6 Å². The second kappa shape index (κ2) is 5.43.